The van der Waals surface area contributed by atoms with E-state index in [0.29, 0.717) is 18.2 Å². The predicted molar refractivity (Wildman–Crippen MR) is 85.3 cm³/mol. The molecule has 8 heteroatoms. The predicted octanol–water partition coefficient (Wildman–Crippen LogP) is 1.56. The average Bonchev–Trinajstić information content (AvgIpc) is 3.16. The molecule has 1 aliphatic rings. The van der Waals surface area contributed by atoms with Crippen LogP contribution in [0.5, 0.6) is 0 Å². The number of anilines is 1. The van der Waals surface area contributed by atoms with Crippen LogP contribution in [0.15, 0.2) is 18.5 Å². The maximum atomic E-state index is 12.0. The van der Waals surface area contributed by atoms with Gasteiger partial charge in [0.15, 0.2) is 5.13 Å². The van der Waals surface area contributed by atoms with Crippen molar-refractivity contribution in [3.8, 4) is 0 Å². The molecule has 114 valence electrons. The molecule has 0 bridgehead atoms. The van der Waals surface area contributed by atoms with E-state index in [4.69, 9.17) is 0 Å². The molecule has 7 nitrogen and oxygen atoms in total. The molecule has 1 unspecified atom stereocenters. The van der Waals surface area contributed by atoms with Crippen LogP contribution < -0.4 is 10.2 Å². The van der Waals surface area contributed by atoms with Gasteiger partial charge in [0.05, 0.1) is 34.7 Å². The molecule has 3 aromatic rings. The summed E-state index contributed by atoms with van der Waals surface area (Å²) in [6, 6.07) is 3.91. The Labute approximate surface area is 130 Å². The van der Waals surface area contributed by atoms with Crippen LogP contribution in [0, 0.1) is 0 Å². The van der Waals surface area contributed by atoms with Crippen LogP contribution >= 0.6 is 11.3 Å². The smallest absolute Gasteiger partial charge is 0.324 e. The van der Waals surface area contributed by atoms with E-state index in [-0.39, 0.29) is 18.7 Å². The summed E-state index contributed by atoms with van der Waals surface area (Å²) in [5.41, 5.74) is 2.58. The highest BCUT2D eigenvalue weighted by atomic mass is 32.1. The van der Waals surface area contributed by atoms with Crippen molar-refractivity contribution in [1.82, 2.24) is 19.9 Å². The third-order valence-electron chi connectivity index (χ3n) is 3.88. The Morgan fingerprint density at radius 3 is 3.09 bits per heavy atom. The molecule has 2 N–H and O–H groups in total. The summed E-state index contributed by atoms with van der Waals surface area (Å²) in [5.74, 6) is 0. The first kappa shape index (κ1) is 13.5. The highest BCUT2D eigenvalue weighted by Gasteiger charge is 2.31. The Bertz CT molecular complexity index is 871. The summed E-state index contributed by atoms with van der Waals surface area (Å²) >= 11 is 1.50. The maximum absolute atomic E-state index is 12.0. The second-order valence-electron chi connectivity index (χ2n) is 5.34. The minimum absolute atomic E-state index is 0.0460. The zero-order valence-electron chi connectivity index (χ0n) is 12.0. The second-order valence-corrected chi connectivity index (χ2v) is 6.35. The lowest BCUT2D eigenvalue weighted by Crippen LogP contribution is -2.32. The van der Waals surface area contributed by atoms with Crippen LogP contribution in [0.4, 0.5) is 9.93 Å². The molecule has 0 saturated carbocycles. The van der Waals surface area contributed by atoms with Gasteiger partial charge in [0.1, 0.15) is 5.52 Å². The molecule has 1 aliphatic heterocycles. The summed E-state index contributed by atoms with van der Waals surface area (Å²) in [4.78, 5) is 22.7. The first-order valence-corrected chi connectivity index (χ1v) is 7.93. The minimum atomic E-state index is -0.105. The van der Waals surface area contributed by atoms with E-state index in [9.17, 15) is 9.90 Å². The maximum Gasteiger partial charge on any atom is 0.324 e. The molecule has 1 fully saturated rings. The first-order chi connectivity index (χ1) is 10.7. The van der Waals surface area contributed by atoms with E-state index in [2.05, 4.69) is 15.3 Å². The number of rotatable bonds is 3. The van der Waals surface area contributed by atoms with Crippen LogP contribution in [0.1, 0.15) is 6.92 Å². The lowest BCUT2D eigenvalue weighted by molar-refractivity contribution is 0.252. The van der Waals surface area contributed by atoms with Gasteiger partial charge in [-0.2, -0.15) is 0 Å². The molecule has 3 heterocycles. The number of benzene rings is 1. The highest BCUT2D eigenvalue weighted by Crippen LogP contribution is 2.34. The number of aliphatic hydroxyl groups is 1. The number of carbonyl (C=O) groups is 1. The van der Waals surface area contributed by atoms with Crippen molar-refractivity contribution < 1.29 is 9.90 Å². The molecule has 2 aromatic heterocycles. The van der Waals surface area contributed by atoms with E-state index in [1.807, 2.05) is 23.6 Å². The van der Waals surface area contributed by atoms with Crippen molar-refractivity contribution in [3.63, 3.8) is 0 Å². The quantitative estimate of drug-likeness (QED) is 0.768. The zero-order valence-corrected chi connectivity index (χ0v) is 12.8. The van der Waals surface area contributed by atoms with Gasteiger partial charge in [-0.1, -0.05) is 11.3 Å². The van der Waals surface area contributed by atoms with Crippen molar-refractivity contribution in [2.75, 3.05) is 18.1 Å². The fourth-order valence-electron chi connectivity index (χ4n) is 2.80. The van der Waals surface area contributed by atoms with E-state index in [0.717, 1.165) is 21.3 Å². The summed E-state index contributed by atoms with van der Waals surface area (Å²) in [5, 5.41) is 12.7. The number of nitrogens with zero attached hydrogens (tertiary/aromatic N) is 4. The number of imidazole rings is 1. The average molecular weight is 317 g/mol. The fraction of sp³-hybridized carbons (Fsp3) is 0.357. The van der Waals surface area contributed by atoms with Crippen LogP contribution in [0.3, 0.4) is 0 Å². The Morgan fingerprint density at radius 1 is 1.50 bits per heavy atom. The largest absolute Gasteiger partial charge is 0.395 e. The van der Waals surface area contributed by atoms with Crippen molar-refractivity contribution in [2.24, 2.45) is 0 Å². The molecule has 1 aromatic carbocycles. The van der Waals surface area contributed by atoms with Gasteiger partial charge in [-0.3, -0.25) is 4.90 Å². The van der Waals surface area contributed by atoms with Gasteiger partial charge in [0.2, 0.25) is 0 Å². The minimum Gasteiger partial charge on any atom is -0.395 e. The molecule has 0 spiro atoms. The summed E-state index contributed by atoms with van der Waals surface area (Å²) in [6.45, 7) is 3.15. The Kier molecular flexibility index (Phi) is 3.02. The molecule has 1 atom stereocenters. The van der Waals surface area contributed by atoms with Crippen molar-refractivity contribution in [3.05, 3.63) is 18.5 Å². The lowest BCUT2D eigenvalue weighted by atomic mass is 10.3. The van der Waals surface area contributed by atoms with Crippen molar-refractivity contribution in [2.45, 2.75) is 19.5 Å². The van der Waals surface area contributed by atoms with Crippen LogP contribution in [-0.4, -0.2) is 44.9 Å². The number of urea groups is 1. The van der Waals surface area contributed by atoms with Crippen LogP contribution in [0.25, 0.3) is 21.3 Å². The molecular formula is C14H15N5O2S. The van der Waals surface area contributed by atoms with E-state index in [1.165, 1.54) is 11.3 Å². The molecule has 1 saturated heterocycles. The third-order valence-corrected chi connectivity index (χ3v) is 4.90. The SMILES string of the molecule is CC1CNC(=O)N1c1nc2c(ccc3ncn(CCO)c32)s1. The van der Waals surface area contributed by atoms with Gasteiger partial charge in [0.25, 0.3) is 0 Å². The number of amides is 2. The van der Waals surface area contributed by atoms with Gasteiger partial charge >= 0.3 is 6.03 Å². The molecule has 0 aliphatic carbocycles. The number of fused-ring (bicyclic) bond motifs is 3. The van der Waals surface area contributed by atoms with Gasteiger partial charge in [-0.05, 0) is 19.1 Å². The summed E-state index contributed by atoms with van der Waals surface area (Å²) in [6.07, 6.45) is 1.71. The fourth-order valence-corrected chi connectivity index (χ4v) is 3.87. The number of carbonyl (C=O) groups excluding carboxylic acids is 1. The highest BCUT2D eigenvalue weighted by molar-refractivity contribution is 7.22. The van der Waals surface area contributed by atoms with Crippen molar-refractivity contribution in [1.29, 1.82) is 0 Å². The van der Waals surface area contributed by atoms with Crippen molar-refractivity contribution >= 4 is 43.7 Å². The number of hydrogen-bond acceptors (Lipinski definition) is 5. The van der Waals surface area contributed by atoms with Gasteiger partial charge in [-0.25, -0.2) is 14.8 Å². The Hall–Kier alpha value is -2.19. The van der Waals surface area contributed by atoms with Gasteiger partial charge < -0.3 is 15.0 Å². The number of aromatic nitrogens is 3. The normalized spacial score (nSPS) is 18.5. The molecular weight excluding hydrogens is 302 g/mol. The number of hydrogen-bond donors (Lipinski definition) is 2. The summed E-state index contributed by atoms with van der Waals surface area (Å²) < 4.78 is 2.91. The molecule has 2 amide bonds. The van der Waals surface area contributed by atoms with E-state index in [1.54, 1.807) is 11.2 Å². The van der Waals surface area contributed by atoms with Gasteiger partial charge in [0, 0.05) is 13.1 Å². The second kappa shape index (κ2) is 4.92. The molecule has 0 radical (unpaired) electrons. The van der Waals surface area contributed by atoms with E-state index < -0.39 is 0 Å². The topological polar surface area (TPSA) is 83.3 Å². The van der Waals surface area contributed by atoms with Crippen LogP contribution in [0.2, 0.25) is 0 Å². The number of nitrogens with one attached hydrogen (secondary N) is 1. The molecule has 22 heavy (non-hydrogen) atoms. The Morgan fingerprint density at radius 2 is 2.36 bits per heavy atom. The van der Waals surface area contributed by atoms with Gasteiger partial charge in [-0.15, -0.1) is 0 Å². The zero-order chi connectivity index (χ0) is 15.3. The van der Waals surface area contributed by atoms with E-state index >= 15 is 0 Å². The monoisotopic (exact) mass is 317 g/mol. The number of thiazole rings is 1. The molecule has 4 rings (SSSR count). The van der Waals surface area contributed by atoms with Crippen LogP contribution in [-0.2, 0) is 6.54 Å². The third kappa shape index (κ3) is 1.87. The summed E-state index contributed by atoms with van der Waals surface area (Å²) in [7, 11) is 0. The standard InChI is InChI=1S/C14H15N5O2S/c1-8-6-15-13(21)19(8)14-17-11-10(22-14)3-2-9-12(11)18(4-5-20)7-16-9/h2-3,7-8,20H,4-6H2,1H3,(H,15,21). The lowest BCUT2D eigenvalue weighted by Gasteiger charge is -2.15. The number of aliphatic hydroxyl groups excluding tert-OH is 1. The first-order valence-electron chi connectivity index (χ1n) is 7.11. The Balaban J connectivity index is 1.91.